The van der Waals surface area contributed by atoms with Crippen molar-refractivity contribution in [2.24, 2.45) is 5.92 Å². The van der Waals surface area contributed by atoms with Crippen molar-refractivity contribution in [3.8, 4) is 0 Å². The van der Waals surface area contributed by atoms with Crippen LogP contribution in [0.4, 0.5) is 5.82 Å². The number of hydrogen-bond acceptors (Lipinski definition) is 5. The molecule has 0 amide bonds. The van der Waals surface area contributed by atoms with Gasteiger partial charge in [-0.2, -0.15) is 0 Å². The summed E-state index contributed by atoms with van der Waals surface area (Å²) in [4.78, 5) is 9.33. The number of fused-ring (bicyclic) bond motifs is 1. The highest BCUT2D eigenvalue weighted by Gasteiger charge is 2.40. The SMILES string of the molecule is COC1(c2nc(N)c3c(n2)CCOC3)CCCC(C)C1. The summed E-state index contributed by atoms with van der Waals surface area (Å²) in [6.07, 6.45) is 5.16. The first kappa shape index (κ1) is 13.8. The minimum atomic E-state index is -0.362. The zero-order chi connectivity index (χ0) is 14.2. The summed E-state index contributed by atoms with van der Waals surface area (Å²) < 4.78 is 11.3. The molecule has 2 atom stereocenters. The van der Waals surface area contributed by atoms with Crippen molar-refractivity contribution in [3.63, 3.8) is 0 Å². The Kier molecular flexibility index (Phi) is 3.65. The second-order valence-corrected chi connectivity index (χ2v) is 6.06. The van der Waals surface area contributed by atoms with Crippen LogP contribution >= 0.6 is 0 Å². The van der Waals surface area contributed by atoms with Crippen LogP contribution in [0.25, 0.3) is 0 Å². The summed E-state index contributed by atoms with van der Waals surface area (Å²) in [5, 5.41) is 0. The lowest BCUT2D eigenvalue weighted by atomic mass is 9.78. The first-order chi connectivity index (χ1) is 9.64. The molecule has 2 heterocycles. The Labute approximate surface area is 119 Å². The van der Waals surface area contributed by atoms with Crippen molar-refractivity contribution >= 4 is 5.82 Å². The third-order valence-corrected chi connectivity index (χ3v) is 4.61. The van der Waals surface area contributed by atoms with Crippen LogP contribution in [0.15, 0.2) is 0 Å². The van der Waals surface area contributed by atoms with Crippen molar-refractivity contribution < 1.29 is 9.47 Å². The highest BCUT2D eigenvalue weighted by atomic mass is 16.5. The van der Waals surface area contributed by atoms with E-state index in [4.69, 9.17) is 20.2 Å². The lowest BCUT2D eigenvalue weighted by molar-refractivity contribution is -0.0648. The van der Waals surface area contributed by atoms with Crippen LogP contribution < -0.4 is 5.73 Å². The summed E-state index contributed by atoms with van der Waals surface area (Å²) in [7, 11) is 1.76. The van der Waals surface area contributed by atoms with Gasteiger partial charge in [0.2, 0.25) is 0 Å². The number of anilines is 1. The summed E-state index contributed by atoms with van der Waals surface area (Å²) in [5.41, 5.74) is 7.74. The second kappa shape index (κ2) is 5.30. The topological polar surface area (TPSA) is 70.3 Å². The minimum Gasteiger partial charge on any atom is -0.383 e. The lowest BCUT2D eigenvalue weighted by Gasteiger charge is -2.38. The highest BCUT2D eigenvalue weighted by Crippen LogP contribution is 2.41. The molecule has 0 spiro atoms. The molecular weight excluding hydrogens is 254 g/mol. The van der Waals surface area contributed by atoms with Gasteiger partial charge in [0.05, 0.1) is 18.9 Å². The van der Waals surface area contributed by atoms with Gasteiger partial charge in [-0.15, -0.1) is 0 Å². The average Bonchev–Trinajstić information content (AvgIpc) is 2.47. The van der Waals surface area contributed by atoms with Crippen LogP contribution in [0.2, 0.25) is 0 Å². The predicted molar refractivity (Wildman–Crippen MR) is 76.1 cm³/mol. The van der Waals surface area contributed by atoms with Crippen molar-refractivity contribution in [2.75, 3.05) is 19.5 Å². The van der Waals surface area contributed by atoms with Gasteiger partial charge in [-0.25, -0.2) is 9.97 Å². The van der Waals surface area contributed by atoms with E-state index in [2.05, 4.69) is 11.9 Å². The molecule has 3 rings (SSSR count). The summed E-state index contributed by atoms with van der Waals surface area (Å²) in [5.74, 6) is 1.96. The number of hydrogen-bond donors (Lipinski definition) is 1. The number of aromatic nitrogens is 2. The van der Waals surface area contributed by atoms with Crippen LogP contribution in [-0.4, -0.2) is 23.7 Å². The van der Waals surface area contributed by atoms with Crippen molar-refractivity contribution in [1.29, 1.82) is 0 Å². The molecule has 1 aromatic heterocycles. The van der Waals surface area contributed by atoms with E-state index in [9.17, 15) is 0 Å². The Hall–Kier alpha value is -1.20. The normalized spacial score (nSPS) is 30.0. The Balaban J connectivity index is 2.01. The molecule has 1 aliphatic carbocycles. The fourth-order valence-electron chi connectivity index (χ4n) is 3.44. The quantitative estimate of drug-likeness (QED) is 0.897. The molecule has 0 radical (unpaired) electrons. The maximum atomic E-state index is 6.11. The number of nitrogens with zero attached hydrogens (tertiary/aromatic N) is 2. The Morgan fingerprint density at radius 2 is 2.25 bits per heavy atom. The van der Waals surface area contributed by atoms with E-state index in [0.717, 1.165) is 42.8 Å². The minimum absolute atomic E-state index is 0.362. The first-order valence-electron chi connectivity index (χ1n) is 7.43. The fraction of sp³-hybridized carbons (Fsp3) is 0.733. The largest absolute Gasteiger partial charge is 0.383 e. The van der Waals surface area contributed by atoms with Gasteiger partial charge in [-0.05, 0) is 25.2 Å². The fourth-order valence-corrected chi connectivity index (χ4v) is 3.44. The van der Waals surface area contributed by atoms with Gasteiger partial charge in [0, 0.05) is 19.1 Å². The molecule has 110 valence electrons. The summed E-state index contributed by atoms with van der Waals surface area (Å²) >= 11 is 0. The molecule has 5 nitrogen and oxygen atoms in total. The number of nitrogens with two attached hydrogens (primary N) is 1. The maximum Gasteiger partial charge on any atom is 0.162 e. The summed E-state index contributed by atoms with van der Waals surface area (Å²) in [6, 6.07) is 0. The smallest absolute Gasteiger partial charge is 0.162 e. The second-order valence-electron chi connectivity index (χ2n) is 6.06. The number of rotatable bonds is 2. The molecule has 0 bridgehead atoms. The van der Waals surface area contributed by atoms with Crippen LogP contribution in [0.5, 0.6) is 0 Å². The molecule has 0 saturated heterocycles. The van der Waals surface area contributed by atoms with Gasteiger partial charge in [-0.3, -0.25) is 0 Å². The van der Waals surface area contributed by atoms with E-state index in [1.54, 1.807) is 7.11 Å². The van der Waals surface area contributed by atoms with E-state index in [1.807, 2.05) is 0 Å². The molecule has 2 N–H and O–H groups in total. The van der Waals surface area contributed by atoms with Crippen LogP contribution in [0.1, 0.15) is 49.7 Å². The van der Waals surface area contributed by atoms with Gasteiger partial charge in [0.15, 0.2) is 5.82 Å². The number of methoxy groups -OCH3 is 1. The first-order valence-corrected chi connectivity index (χ1v) is 7.43. The van der Waals surface area contributed by atoms with Crippen LogP contribution in [0.3, 0.4) is 0 Å². The third kappa shape index (κ3) is 2.29. The molecule has 1 aliphatic heterocycles. The maximum absolute atomic E-state index is 6.11. The lowest BCUT2D eigenvalue weighted by Crippen LogP contribution is -2.37. The zero-order valence-corrected chi connectivity index (χ0v) is 12.3. The van der Waals surface area contributed by atoms with E-state index in [0.29, 0.717) is 24.9 Å². The third-order valence-electron chi connectivity index (χ3n) is 4.61. The summed E-state index contributed by atoms with van der Waals surface area (Å²) in [6.45, 7) is 3.50. The van der Waals surface area contributed by atoms with E-state index in [-0.39, 0.29) is 5.60 Å². The van der Waals surface area contributed by atoms with E-state index >= 15 is 0 Å². The number of nitrogen functional groups attached to an aromatic ring is 1. The standard InChI is InChI=1S/C15H23N3O2/c1-10-4-3-6-15(8-10,19-2)14-17-12-5-7-20-9-11(12)13(16)18-14/h10H,3-9H2,1-2H3,(H2,16,17,18). The Bertz CT molecular complexity index is 506. The molecule has 1 aromatic rings. The molecule has 20 heavy (non-hydrogen) atoms. The van der Waals surface area contributed by atoms with Gasteiger partial charge < -0.3 is 15.2 Å². The van der Waals surface area contributed by atoms with Crippen molar-refractivity contribution in [3.05, 3.63) is 17.1 Å². The zero-order valence-electron chi connectivity index (χ0n) is 12.3. The Morgan fingerprint density at radius 1 is 1.40 bits per heavy atom. The van der Waals surface area contributed by atoms with Crippen molar-refractivity contribution in [1.82, 2.24) is 9.97 Å². The van der Waals surface area contributed by atoms with Gasteiger partial charge in [0.25, 0.3) is 0 Å². The monoisotopic (exact) mass is 277 g/mol. The highest BCUT2D eigenvalue weighted by molar-refractivity contribution is 5.43. The molecule has 2 aliphatic rings. The predicted octanol–water partition coefficient (Wildman–Crippen LogP) is 2.18. The van der Waals surface area contributed by atoms with Gasteiger partial charge in [-0.1, -0.05) is 13.3 Å². The van der Waals surface area contributed by atoms with Crippen molar-refractivity contribution in [2.45, 2.75) is 51.2 Å². The molecule has 0 aromatic carbocycles. The Morgan fingerprint density at radius 3 is 3.00 bits per heavy atom. The van der Waals surface area contributed by atoms with Crippen LogP contribution in [-0.2, 0) is 28.1 Å². The molecule has 2 unspecified atom stereocenters. The van der Waals surface area contributed by atoms with Gasteiger partial charge in [0.1, 0.15) is 11.4 Å². The molecular formula is C15H23N3O2. The molecule has 1 saturated carbocycles. The van der Waals surface area contributed by atoms with Crippen LogP contribution in [0, 0.1) is 5.92 Å². The number of ether oxygens (including phenoxy) is 2. The molecule has 1 fully saturated rings. The average molecular weight is 277 g/mol. The van der Waals surface area contributed by atoms with E-state index < -0.39 is 0 Å². The van der Waals surface area contributed by atoms with Gasteiger partial charge >= 0.3 is 0 Å². The van der Waals surface area contributed by atoms with E-state index in [1.165, 1.54) is 6.42 Å². The molecule has 5 heteroatoms.